The maximum Gasteiger partial charge on any atom is 0.252 e. The van der Waals surface area contributed by atoms with Gasteiger partial charge in [0.1, 0.15) is 0 Å². The number of aromatic nitrogens is 2. The van der Waals surface area contributed by atoms with E-state index >= 15 is 0 Å². The number of benzene rings is 8. The van der Waals surface area contributed by atoms with Crippen molar-refractivity contribution in [3.8, 4) is 5.69 Å². The molecule has 0 bridgehead atoms. The molecule has 0 fully saturated rings. The van der Waals surface area contributed by atoms with Crippen molar-refractivity contribution in [2.24, 2.45) is 0 Å². The first-order valence-corrected chi connectivity index (χ1v) is 30.0. The molecular formula is C76H87BN4. The van der Waals surface area contributed by atoms with Crippen molar-refractivity contribution in [3.63, 3.8) is 0 Å². The van der Waals surface area contributed by atoms with Crippen LogP contribution in [0.2, 0.25) is 0 Å². The quantitative estimate of drug-likeness (QED) is 0.164. The Bertz CT molecular complexity index is 4110. The van der Waals surface area contributed by atoms with E-state index < -0.39 is 0 Å². The van der Waals surface area contributed by atoms with E-state index in [2.05, 4.69) is 310 Å². The van der Waals surface area contributed by atoms with E-state index in [1.165, 1.54) is 128 Å². The van der Waals surface area contributed by atoms with E-state index in [1.807, 2.05) is 0 Å². The van der Waals surface area contributed by atoms with Crippen LogP contribution in [-0.2, 0) is 38.0 Å². The smallest absolute Gasteiger partial charge is 0.252 e. The molecule has 2 aromatic heterocycles. The van der Waals surface area contributed by atoms with Crippen LogP contribution < -0.4 is 26.2 Å². The SMILES string of the molecule is CC(C)(C)c1ccc(N2c3ccc(C(C)(C)C)cc3B3c4cc5c(c(-n6c7ccc(C(C)(C)C)cc7c7cc(C(C)(C)C)ccc76)c4N(c4ccc(C(C)(C)C)cc4)c4cc(C(C)(C)C)cc2c43)c2ccccc2n5C(C)(C)C)cc1. The Labute approximate surface area is 485 Å². The molecule has 0 atom stereocenters. The molecule has 12 rings (SSSR count). The Morgan fingerprint density at radius 2 is 0.741 bits per heavy atom. The predicted molar refractivity (Wildman–Crippen MR) is 355 cm³/mol. The minimum Gasteiger partial charge on any atom is -0.335 e. The molecule has 2 aliphatic heterocycles. The van der Waals surface area contributed by atoms with Crippen molar-refractivity contribution in [1.29, 1.82) is 0 Å². The van der Waals surface area contributed by atoms with Crippen LogP contribution in [0.4, 0.5) is 34.1 Å². The molecule has 0 aliphatic carbocycles. The van der Waals surface area contributed by atoms with Gasteiger partial charge in [0, 0.05) is 61.0 Å². The number of para-hydroxylation sites is 1. The Balaban J connectivity index is 1.35. The summed E-state index contributed by atoms with van der Waals surface area (Å²) in [7, 11) is 0. The van der Waals surface area contributed by atoms with E-state index in [0.717, 1.165) is 5.69 Å². The summed E-state index contributed by atoms with van der Waals surface area (Å²) in [5.74, 6) is 0. The van der Waals surface area contributed by atoms with Gasteiger partial charge in [-0.15, -0.1) is 0 Å². The Morgan fingerprint density at radius 1 is 0.309 bits per heavy atom. The highest BCUT2D eigenvalue weighted by Gasteiger charge is 2.47. The highest BCUT2D eigenvalue weighted by molar-refractivity contribution is 7.00. The van der Waals surface area contributed by atoms with Crippen LogP contribution >= 0.6 is 0 Å². The first-order chi connectivity index (χ1) is 37.6. The lowest BCUT2D eigenvalue weighted by atomic mass is 9.33. The van der Waals surface area contributed by atoms with Crippen molar-refractivity contribution in [1.82, 2.24) is 9.13 Å². The summed E-state index contributed by atoms with van der Waals surface area (Å²) < 4.78 is 5.36. The van der Waals surface area contributed by atoms with Crippen LogP contribution in [0.15, 0.2) is 146 Å². The lowest BCUT2D eigenvalue weighted by molar-refractivity contribution is 0.423. The van der Waals surface area contributed by atoms with E-state index in [-0.39, 0.29) is 44.7 Å². The van der Waals surface area contributed by atoms with Crippen molar-refractivity contribution < 1.29 is 0 Å². The zero-order valence-electron chi connectivity index (χ0n) is 52.7. The fraction of sp³-hybridized carbons (Fsp3) is 0.368. The van der Waals surface area contributed by atoms with Gasteiger partial charge in [-0.3, -0.25) is 0 Å². The van der Waals surface area contributed by atoms with Gasteiger partial charge in [-0.25, -0.2) is 0 Å². The monoisotopic (exact) mass is 1070 g/mol. The molecule has 81 heavy (non-hydrogen) atoms. The van der Waals surface area contributed by atoms with E-state index in [9.17, 15) is 0 Å². The lowest BCUT2D eigenvalue weighted by Gasteiger charge is -2.46. The number of hydrogen-bond acceptors (Lipinski definition) is 2. The van der Waals surface area contributed by atoms with E-state index in [1.54, 1.807) is 0 Å². The first kappa shape index (κ1) is 54.6. The van der Waals surface area contributed by atoms with E-state index in [4.69, 9.17) is 0 Å². The van der Waals surface area contributed by atoms with E-state index in [0.29, 0.717) is 0 Å². The van der Waals surface area contributed by atoms with Crippen molar-refractivity contribution in [2.75, 3.05) is 9.80 Å². The molecule has 0 saturated carbocycles. The molecule has 0 spiro atoms. The van der Waals surface area contributed by atoms with Crippen LogP contribution in [0.3, 0.4) is 0 Å². The zero-order valence-corrected chi connectivity index (χ0v) is 52.7. The summed E-state index contributed by atoms with van der Waals surface area (Å²) in [6, 6.07) is 58.3. The van der Waals surface area contributed by atoms with Gasteiger partial charge in [-0.05, 0) is 182 Å². The number of hydrogen-bond donors (Lipinski definition) is 0. The fourth-order valence-corrected chi connectivity index (χ4v) is 13.4. The topological polar surface area (TPSA) is 16.3 Å². The third kappa shape index (κ3) is 8.76. The lowest BCUT2D eigenvalue weighted by Crippen LogP contribution is -2.62. The molecule has 2 aliphatic rings. The van der Waals surface area contributed by atoms with Gasteiger partial charge >= 0.3 is 0 Å². The standard InChI is InChI=1S/C76H87BN4/c1-70(2,3)46-26-33-52(34-27-46)78-62-39-32-50(74(13,14)15)42-57(62)77-58-45-63-66(54-24-22-23-25-61(54)81(63)76(19,20)21)69(80-59-37-30-48(72(7,8)9)40-55(59)56-41-49(73(10,11)12)31-38-60(56)80)68(58)79(53-35-28-47(29-36-53)71(4,5)6)65-44-51(75(16,17)18)43-64(78)67(65)77/h22-45H,1-21H3. The second-order valence-corrected chi connectivity index (χ2v) is 31.3. The molecule has 0 saturated heterocycles. The van der Waals surface area contributed by atoms with Crippen LogP contribution in [0.5, 0.6) is 0 Å². The number of nitrogens with zero attached hydrogens (tertiary/aromatic N) is 4. The Hall–Kier alpha value is -6.98. The molecule has 4 nitrogen and oxygen atoms in total. The fourth-order valence-electron chi connectivity index (χ4n) is 13.4. The third-order valence-corrected chi connectivity index (χ3v) is 18.1. The molecule has 0 unspecified atom stereocenters. The summed E-state index contributed by atoms with van der Waals surface area (Å²) in [6.07, 6.45) is 0. The average molecular weight is 1070 g/mol. The first-order valence-electron chi connectivity index (χ1n) is 30.0. The molecule has 414 valence electrons. The molecule has 8 aromatic carbocycles. The molecule has 4 heterocycles. The van der Waals surface area contributed by atoms with Crippen LogP contribution in [0.1, 0.15) is 179 Å². The van der Waals surface area contributed by atoms with Gasteiger partial charge < -0.3 is 18.9 Å². The van der Waals surface area contributed by atoms with Gasteiger partial charge in [0.2, 0.25) is 0 Å². The molecular weight excluding hydrogens is 980 g/mol. The van der Waals surface area contributed by atoms with Gasteiger partial charge in [0.25, 0.3) is 6.71 Å². The average Bonchev–Trinajstić information content (AvgIpc) is 4.14. The van der Waals surface area contributed by atoms with Gasteiger partial charge in [0.05, 0.1) is 27.9 Å². The highest BCUT2D eigenvalue weighted by Crippen LogP contribution is 2.53. The van der Waals surface area contributed by atoms with Crippen molar-refractivity contribution in [2.45, 2.75) is 183 Å². The van der Waals surface area contributed by atoms with Crippen LogP contribution in [0.25, 0.3) is 49.3 Å². The van der Waals surface area contributed by atoms with Gasteiger partial charge in [0.15, 0.2) is 0 Å². The molecule has 10 aromatic rings. The summed E-state index contributed by atoms with van der Waals surface area (Å²) in [4.78, 5) is 5.33. The maximum atomic E-state index is 2.72. The summed E-state index contributed by atoms with van der Waals surface area (Å²) in [5, 5.41) is 5.10. The van der Waals surface area contributed by atoms with Crippen molar-refractivity contribution in [3.05, 3.63) is 179 Å². The predicted octanol–water partition coefficient (Wildman–Crippen LogP) is 19.5. The Morgan fingerprint density at radius 3 is 1.22 bits per heavy atom. The van der Waals surface area contributed by atoms with Crippen LogP contribution in [0, 0.1) is 0 Å². The summed E-state index contributed by atoms with van der Waals surface area (Å²) in [5.41, 5.74) is 24.7. The second-order valence-electron chi connectivity index (χ2n) is 31.3. The zero-order chi connectivity index (χ0) is 58.2. The maximum absolute atomic E-state index is 2.72. The minimum absolute atomic E-state index is 0.0157. The largest absolute Gasteiger partial charge is 0.335 e. The summed E-state index contributed by atoms with van der Waals surface area (Å²) in [6.45, 7) is 49.3. The van der Waals surface area contributed by atoms with Crippen LogP contribution in [-0.4, -0.2) is 15.8 Å². The molecule has 0 amide bonds. The summed E-state index contributed by atoms with van der Waals surface area (Å²) >= 11 is 0. The highest BCUT2D eigenvalue weighted by atomic mass is 15.2. The van der Waals surface area contributed by atoms with Crippen molar-refractivity contribution >= 4 is 101 Å². The Kier molecular flexibility index (Phi) is 12.0. The molecule has 0 N–H and O–H groups in total. The number of anilines is 6. The van der Waals surface area contributed by atoms with Gasteiger partial charge in [-0.1, -0.05) is 191 Å². The minimum atomic E-state index is -0.265. The number of rotatable bonds is 3. The molecule has 5 heteroatoms. The molecule has 0 radical (unpaired) electrons. The normalized spacial score (nSPS) is 14.4. The third-order valence-electron chi connectivity index (χ3n) is 18.1. The van der Waals surface area contributed by atoms with Gasteiger partial charge in [-0.2, -0.15) is 0 Å². The number of fused-ring (bicyclic) bond motifs is 10. The second kappa shape index (κ2) is 17.8.